The molecule has 0 aliphatic carbocycles. The second-order valence-corrected chi connectivity index (χ2v) is 6.69. The van der Waals surface area contributed by atoms with Crippen molar-refractivity contribution >= 4 is 27.2 Å². The molecule has 23 heavy (non-hydrogen) atoms. The van der Waals surface area contributed by atoms with Gasteiger partial charge in [-0.25, -0.2) is 4.98 Å². The minimum atomic E-state index is 0.508. The Labute approximate surface area is 139 Å². The fraction of sp³-hybridized carbons (Fsp3) is 0.353. The maximum atomic E-state index is 5.79. The van der Waals surface area contributed by atoms with Crippen molar-refractivity contribution in [3.05, 3.63) is 42.3 Å². The third-order valence-corrected chi connectivity index (χ3v) is 5.12. The summed E-state index contributed by atoms with van der Waals surface area (Å²) in [6.07, 6.45) is 9.26. The number of nitrogens with zero attached hydrogens (tertiary/aromatic N) is 4. The van der Waals surface area contributed by atoms with Gasteiger partial charge in [0, 0.05) is 37.6 Å². The quantitative estimate of drug-likeness (QED) is 0.735. The Morgan fingerprint density at radius 1 is 1.22 bits per heavy atom. The maximum absolute atomic E-state index is 5.79. The van der Waals surface area contributed by atoms with E-state index in [9.17, 15) is 0 Å². The van der Waals surface area contributed by atoms with Crippen LogP contribution in [0, 0.1) is 5.92 Å². The van der Waals surface area contributed by atoms with Gasteiger partial charge in [-0.1, -0.05) is 0 Å². The Hall–Kier alpha value is -2.21. The van der Waals surface area contributed by atoms with Gasteiger partial charge in [0.2, 0.25) is 5.88 Å². The summed E-state index contributed by atoms with van der Waals surface area (Å²) in [4.78, 5) is 15.1. The molecule has 1 fully saturated rings. The first kappa shape index (κ1) is 14.4. The Kier molecular flexibility index (Phi) is 4.06. The molecule has 0 spiro atoms. The first-order valence-corrected chi connectivity index (χ1v) is 8.74. The molecule has 5 nitrogen and oxygen atoms in total. The molecule has 0 saturated carbocycles. The maximum Gasteiger partial charge on any atom is 0.232 e. The third kappa shape index (κ3) is 3.12. The molecule has 0 aromatic carbocycles. The van der Waals surface area contributed by atoms with Crippen LogP contribution in [-0.2, 0) is 0 Å². The van der Waals surface area contributed by atoms with Crippen LogP contribution in [0.1, 0.15) is 12.8 Å². The van der Waals surface area contributed by atoms with E-state index in [1.165, 1.54) is 23.2 Å². The van der Waals surface area contributed by atoms with Gasteiger partial charge < -0.3 is 9.64 Å². The zero-order chi connectivity index (χ0) is 15.5. The Balaban J connectivity index is 1.46. The second kappa shape index (κ2) is 6.50. The molecular formula is C17H18N4OS. The smallest absolute Gasteiger partial charge is 0.232 e. The van der Waals surface area contributed by atoms with Gasteiger partial charge in [-0.05, 0) is 30.4 Å². The largest absolute Gasteiger partial charge is 0.476 e. The SMILES string of the molecule is c1cnc(OCC2CCCN(c3ccnc4ccsc34)C2)cn1. The molecule has 118 valence electrons. The summed E-state index contributed by atoms with van der Waals surface area (Å²) < 4.78 is 7.07. The summed E-state index contributed by atoms with van der Waals surface area (Å²) in [5.74, 6) is 1.11. The standard InChI is InChI=1S/C17H18N4OS/c1-2-13(12-22-16-10-18-6-7-20-16)11-21(8-1)15-3-5-19-14-4-9-23-17(14)15/h3-7,9-10,13H,1-2,8,11-12H2. The highest BCUT2D eigenvalue weighted by Crippen LogP contribution is 2.32. The highest BCUT2D eigenvalue weighted by Gasteiger charge is 2.22. The second-order valence-electron chi connectivity index (χ2n) is 5.77. The number of thiophene rings is 1. The van der Waals surface area contributed by atoms with Crippen LogP contribution in [-0.4, -0.2) is 34.6 Å². The molecule has 3 aromatic rings. The predicted octanol–water partition coefficient (Wildman–Crippen LogP) is 3.38. The van der Waals surface area contributed by atoms with Gasteiger partial charge in [0.25, 0.3) is 0 Å². The Morgan fingerprint density at radius 3 is 3.13 bits per heavy atom. The number of hydrogen-bond donors (Lipinski definition) is 0. The molecule has 0 bridgehead atoms. The lowest BCUT2D eigenvalue weighted by molar-refractivity contribution is 0.221. The van der Waals surface area contributed by atoms with Crippen LogP contribution >= 0.6 is 11.3 Å². The number of rotatable bonds is 4. The number of pyridine rings is 1. The van der Waals surface area contributed by atoms with E-state index in [-0.39, 0.29) is 0 Å². The van der Waals surface area contributed by atoms with Crippen LogP contribution in [0.25, 0.3) is 10.2 Å². The van der Waals surface area contributed by atoms with Gasteiger partial charge in [-0.2, -0.15) is 0 Å². The van der Waals surface area contributed by atoms with E-state index in [2.05, 4.69) is 37.4 Å². The minimum absolute atomic E-state index is 0.508. The number of piperidine rings is 1. The number of anilines is 1. The summed E-state index contributed by atoms with van der Waals surface area (Å²) in [5.41, 5.74) is 2.39. The minimum Gasteiger partial charge on any atom is -0.476 e. The van der Waals surface area contributed by atoms with Gasteiger partial charge >= 0.3 is 0 Å². The van der Waals surface area contributed by atoms with E-state index >= 15 is 0 Å². The van der Waals surface area contributed by atoms with Crippen molar-refractivity contribution < 1.29 is 4.74 Å². The van der Waals surface area contributed by atoms with E-state index in [0.29, 0.717) is 18.4 Å². The number of ether oxygens (including phenoxy) is 1. The highest BCUT2D eigenvalue weighted by molar-refractivity contribution is 7.17. The van der Waals surface area contributed by atoms with Crippen molar-refractivity contribution in [1.29, 1.82) is 0 Å². The number of hydrogen-bond acceptors (Lipinski definition) is 6. The Morgan fingerprint density at radius 2 is 2.22 bits per heavy atom. The molecule has 1 saturated heterocycles. The molecule has 1 aliphatic heterocycles. The monoisotopic (exact) mass is 326 g/mol. The molecule has 1 atom stereocenters. The van der Waals surface area contributed by atoms with Crippen molar-refractivity contribution in [2.75, 3.05) is 24.6 Å². The zero-order valence-corrected chi connectivity index (χ0v) is 13.6. The average molecular weight is 326 g/mol. The van der Waals surface area contributed by atoms with Crippen LogP contribution < -0.4 is 9.64 Å². The van der Waals surface area contributed by atoms with Crippen molar-refractivity contribution in [3.8, 4) is 5.88 Å². The molecule has 0 amide bonds. The van der Waals surface area contributed by atoms with Crippen molar-refractivity contribution in [2.24, 2.45) is 5.92 Å². The van der Waals surface area contributed by atoms with Crippen molar-refractivity contribution in [3.63, 3.8) is 0 Å². The molecule has 0 N–H and O–H groups in total. The van der Waals surface area contributed by atoms with E-state index in [0.717, 1.165) is 18.6 Å². The van der Waals surface area contributed by atoms with Crippen LogP contribution in [0.15, 0.2) is 42.3 Å². The molecular weight excluding hydrogens is 308 g/mol. The van der Waals surface area contributed by atoms with Crippen molar-refractivity contribution in [2.45, 2.75) is 12.8 Å². The van der Waals surface area contributed by atoms with Crippen LogP contribution in [0.5, 0.6) is 5.88 Å². The summed E-state index contributed by atoms with van der Waals surface area (Å²) >= 11 is 1.77. The fourth-order valence-corrected chi connectivity index (χ4v) is 3.98. The first-order valence-electron chi connectivity index (χ1n) is 7.86. The van der Waals surface area contributed by atoms with Gasteiger partial charge in [0.1, 0.15) is 0 Å². The van der Waals surface area contributed by atoms with Crippen LogP contribution in [0.4, 0.5) is 5.69 Å². The van der Waals surface area contributed by atoms with Crippen molar-refractivity contribution in [1.82, 2.24) is 15.0 Å². The summed E-state index contributed by atoms with van der Waals surface area (Å²) in [7, 11) is 0. The summed E-state index contributed by atoms with van der Waals surface area (Å²) in [5, 5.41) is 2.11. The lowest BCUT2D eigenvalue weighted by atomic mass is 9.98. The molecule has 3 aromatic heterocycles. The average Bonchev–Trinajstić information content (AvgIpc) is 3.10. The summed E-state index contributed by atoms with van der Waals surface area (Å²) in [6.45, 7) is 2.80. The lowest BCUT2D eigenvalue weighted by Crippen LogP contribution is -2.37. The summed E-state index contributed by atoms with van der Waals surface area (Å²) in [6, 6.07) is 4.22. The third-order valence-electron chi connectivity index (χ3n) is 4.19. The fourth-order valence-electron chi connectivity index (χ4n) is 3.09. The zero-order valence-electron chi connectivity index (χ0n) is 12.8. The molecule has 0 radical (unpaired) electrons. The van der Waals surface area contributed by atoms with Gasteiger partial charge in [-0.15, -0.1) is 11.3 Å². The Bertz CT molecular complexity index is 776. The molecule has 6 heteroatoms. The van der Waals surface area contributed by atoms with Gasteiger partial charge in [0.05, 0.1) is 28.7 Å². The first-order chi connectivity index (χ1) is 11.4. The van der Waals surface area contributed by atoms with E-state index in [1.54, 1.807) is 29.9 Å². The van der Waals surface area contributed by atoms with Gasteiger partial charge in [0.15, 0.2) is 0 Å². The van der Waals surface area contributed by atoms with E-state index < -0.39 is 0 Å². The number of fused-ring (bicyclic) bond motifs is 1. The van der Waals surface area contributed by atoms with Crippen LogP contribution in [0.3, 0.4) is 0 Å². The molecule has 1 unspecified atom stereocenters. The normalized spacial score (nSPS) is 18.3. The molecule has 1 aliphatic rings. The molecule has 4 rings (SSSR count). The predicted molar refractivity (Wildman–Crippen MR) is 92.1 cm³/mol. The van der Waals surface area contributed by atoms with Crippen LogP contribution in [0.2, 0.25) is 0 Å². The molecule has 4 heterocycles. The highest BCUT2D eigenvalue weighted by atomic mass is 32.1. The number of aromatic nitrogens is 3. The van der Waals surface area contributed by atoms with E-state index in [4.69, 9.17) is 4.74 Å². The van der Waals surface area contributed by atoms with Gasteiger partial charge in [-0.3, -0.25) is 9.97 Å². The van der Waals surface area contributed by atoms with E-state index in [1.807, 2.05) is 6.20 Å². The topological polar surface area (TPSA) is 51.1 Å². The lowest BCUT2D eigenvalue weighted by Gasteiger charge is -2.34.